The minimum absolute atomic E-state index is 0.0660. The van der Waals surface area contributed by atoms with Gasteiger partial charge in [-0.1, -0.05) is 0 Å². The van der Waals surface area contributed by atoms with Gasteiger partial charge in [-0.3, -0.25) is 0 Å². The lowest BCUT2D eigenvalue weighted by atomic mass is 9.92. The van der Waals surface area contributed by atoms with Crippen LogP contribution in [0.5, 0.6) is 0 Å². The lowest BCUT2D eigenvalue weighted by molar-refractivity contribution is -0.0780. The molecule has 3 nitrogen and oxygen atoms in total. The van der Waals surface area contributed by atoms with Crippen LogP contribution in [0.15, 0.2) is 0 Å². The second-order valence-electron chi connectivity index (χ2n) is 3.99. The molecule has 0 bridgehead atoms. The van der Waals surface area contributed by atoms with Crippen LogP contribution in [0.2, 0.25) is 0 Å². The third-order valence-corrected chi connectivity index (χ3v) is 2.68. The van der Waals surface area contributed by atoms with Crippen molar-refractivity contribution in [2.75, 3.05) is 40.3 Å². The SMILES string of the molecule is CCOC1(CNC)CCCN(C)C1. The number of nitrogens with one attached hydrogen (secondary N) is 1. The molecule has 13 heavy (non-hydrogen) atoms. The van der Waals surface area contributed by atoms with Gasteiger partial charge in [-0.25, -0.2) is 0 Å². The molecule has 1 saturated heterocycles. The third-order valence-electron chi connectivity index (χ3n) is 2.68. The average Bonchev–Trinajstić information content (AvgIpc) is 2.04. The van der Waals surface area contributed by atoms with E-state index in [-0.39, 0.29) is 5.60 Å². The number of ether oxygens (including phenoxy) is 1. The predicted octanol–water partition coefficient (Wildman–Crippen LogP) is 0.707. The summed E-state index contributed by atoms with van der Waals surface area (Å²) in [5, 5.41) is 3.23. The quantitative estimate of drug-likeness (QED) is 0.699. The van der Waals surface area contributed by atoms with Gasteiger partial charge < -0.3 is 15.0 Å². The first-order valence-electron chi connectivity index (χ1n) is 5.19. The lowest BCUT2D eigenvalue weighted by Crippen LogP contribution is -2.53. The van der Waals surface area contributed by atoms with Crippen LogP contribution in [-0.2, 0) is 4.74 Å². The maximum Gasteiger partial charge on any atom is 0.0932 e. The first-order valence-corrected chi connectivity index (χ1v) is 5.19. The summed E-state index contributed by atoms with van der Waals surface area (Å²) in [5.41, 5.74) is 0.0660. The number of nitrogens with zero attached hydrogens (tertiary/aromatic N) is 1. The van der Waals surface area contributed by atoms with Crippen LogP contribution in [0.1, 0.15) is 19.8 Å². The fourth-order valence-electron chi connectivity index (χ4n) is 2.26. The molecule has 0 aromatic rings. The topological polar surface area (TPSA) is 24.5 Å². The molecule has 0 aliphatic carbocycles. The summed E-state index contributed by atoms with van der Waals surface area (Å²) < 4.78 is 5.88. The van der Waals surface area contributed by atoms with E-state index in [1.54, 1.807) is 0 Å². The Bertz CT molecular complexity index is 138. The highest BCUT2D eigenvalue weighted by Crippen LogP contribution is 2.23. The van der Waals surface area contributed by atoms with E-state index < -0.39 is 0 Å². The maximum atomic E-state index is 5.88. The van der Waals surface area contributed by atoms with Crippen molar-refractivity contribution in [1.29, 1.82) is 0 Å². The number of rotatable bonds is 4. The molecule has 0 aromatic heterocycles. The Balaban J connectivity index is 2.53. The van der Waals surface area contributed by atoms with E-state index >= 15 is 0 Å². The maximum absolute atomic E-state index is 5.88. The summed E-state index contributed by atoms with van der Waals surface area (Å²) in [4.78, 5) is 2.36. The molecule has 0 aromatic carbocycles. The Morgan fingerprint density at radius 2 is 2.31 bits per heavy atom. The highest BCUT2D eigenvalue weighted by atomic mass is 16.5. The Morgan fingerprint density at radius 1 is 1.54 bits per heavy atom. The van der Waals surface area contributed by atoms with E-state index in [1.807, 2.05) is 7.05 Å². The second-order valence-corrected chi connectivity index (χ2v) is 3.99. The number of likely N-dealkylation sites (N-methyl/N-ethyl adjacent to an activating group) is 2. The van der Waals surface area contributed by atoms with Gasteiger partial charge >= 0.3 is 0 Å². The van der Waals surface area contributed by atoms with Crippen LogP contribution < -0.4 is 5.32 Å². The number of likely N-dealkylation sites (tertiary alicyclic amines) is 1. The molecule has 1 fully saturated rings. The molecule has 1 unspecified atom stereocenters. The highest BCUT2D eigenvalue weighted by Gasteiger charge is 2.34. The third kappa shape index (κ3) is 2.93. The minimum atomic E-state index is 0.0660. The summed E-state index contributed by atoms with van der Waals surface area (Å²) in [5.74, 6) is 0. The average molecular weight is 186 g/mol. The summed E-state index contributed by atoms with van der Waals surface area (Å²) in [6.45, 7) is 6.12. The van der Waals surface area contributed by atoms with E-state index in [9.17, 15) is 0 Å². The van der Waals surface area contributed by atoms with Gasteiger partial charge in [0.15, 0.2) is 0 Å². The van der Waals surface area contributed by atoms with E-state index in [1.165, 1.54) is 19.4 Å². The van der Waals surface area contributed by atoms with Crippen LogP contribution in [0.25, 0.3) is 0 Å². The zero-order valence-electron chi connectivity index (χ0n) is 9.10. The van der Waals surface area contributed by atoms with Crippen molar-refractivity contribution < 1.29 is 4.74 Å². The second kappa shape index (κ2) is 4.94. The van der Waals surface area contributed by atoms with Crippen molar-refractivity contribution in [3.63, 3.8) is 0 Å². The van der Waals surface area contributed by atoms with Crippen molar-refractivity contribution in [3.05, 3.63) is 0 Å². The van der Waals surface area contributed by atoms with Crippen LogP contribution >= 0.6 is 0 Å². The molecule has 1 N–H and O–H groups in total. The van der Waals surface area contributed by atoms with Gasteiger partial charge in [-0.05, 0) is 40.4 Å². The van der Waals surface area contributed by atoms with Gasteiger partial charge in [0.25, 0.3) is 0 Å². The van der Waals surface area contributed by atoms with Gasteiger partial charge in [-0.2, -0.15) is 0 Å². The molecule has 1 heterocycles. The van der Waals surface area contributed by atoms with Crippen molar-refractivity contribution in [1.82, 2.24) is 10.2 Å². The summed E-state index contributed by atoms with van der Waals surface area (Å²) in [7, 11) is 4.16. The molecule has 0 radical (unpaired) electrons. The normalized spacial score (nSPS) is 30.7. The predicted molar refractivity (Wildman–Crippen MR) is 55.0 cm³/mol. The Kier molecular flexibility index (Phi) is 4.16. The van der Waals surface area contributed by atoms with E-state index in [0.29, 0.717) is 0 Å². The molecular weight excluding hydrogens is 164 g/mol. The van der Waals surface area contributed by atoms with Crippen LogP contribution in [0, 0.1) is 0 Å². The van der Waals surface area contributed by atoms with E-state index in [0.717, 1.165) is 19.7 Å². The van der Waals surface area contributed by atoms with Gasteiger partial charge in [0.2, 0.25) is 0 Å². The van der Waals surface area contributed by atoms with E-state index in [2.05, 4.69) is 24.2 Å². The smallest absolute Gasteiger partial charge is 0.0932 e. The molecule has 1 aliphatic rings. The molecule has 1 aliphatic heterocycles. The van der Waals surface area contributed by atoms with Crippen molar-refractivity contribution in [3.8, 4) is 0 Å². The number of hydrogen-bond donors (Lipinski definition) is 1. The van der Waals surface area contributed by atoms with Gasteiger partial charge in [-0.15, -0.1) is 0 Å². The first kappa shape index (κ1) is 11.0. The van der Waals surface area contributed by atoms with Gasteiger partial charge in [0, 0.05) is 19.7 Å². The Morgan fingerprint density at radius 3 is 2.85 bits per heavy atom. The molecule has 78 valence electrons. The first-order chi connectivity index (χ1) is 6.22. The Labute approximate surface area is 81.4 Å². The van der Waals surface area contributed by atoms with Crippen LogP contribution in [0.3, 0.4) is 0 Å². The lowest BCUT2D eigenvalue weighted by Gasteiger charge is -2.41. The molecule has 1 atom stereocenters. The zero-order chi connectivity index (χ0) is 9.73. The minimum Gasteiger partial charge on any atom is -0.373 e. The zero-order valence-corrected chi connectivity index (χ0v) is 9.10. The van der Waals surface area contributed by atoms with Gasteiger partial charge in [0.1, 0.15) is 0 Å². The van der Waals surface area contributed by atoms with Gasteiger partial charge in [0.05, 0.1) is 5.60 Å². The molecule has 0 amide bonds. The highest BCUT2D eigenvalue weighted by molar-refractivity contribution is 4.89. The fraction of sp³-hybridized carbons (Fsp3) is 1.00. The Hall–Kier alpha value is -0.120. The molecule has 0 saturated carbocycles. The molecule has 1 rings (SSSR count). The fourth-order valence-corrected chi connectivity index (χ4v) is 2.26. The van der Waals surface area contributed by atoms with Crippen molar-refractivity contribution in [2.45, 2.75) is 25.4 Å². The number of piperidine rings is 1. The van der Waals surface area contributed by atoms with Crippen LogP contribution in [0.4, 0.5) is 0 Å². The molecule has 0 spiro atoms. The van der Waals surface area contributed by atoms with Crippen LogP contribution in [-0.4, -0.2) is 50.8 Å². The van der Waals surface area contributed by atoms with Crippen molar-refractivity contribution >= 4 is 0 Å². The monoisotopic (exact) mass is 186 g/mol. The number of hydrogen-bond acceptors (Lipinski definition) is 3. The molecular formula is C10H22N2O. The van der Waals surface area contributed by atoms with E-state index in [4.69, 9.17) is 4.74 Å². The standard InChI is InChI=1S/C10H22N2O/c1-4-13-10(8-11-2)6-5-7-12(3)9-10/h11H,4-9H2,1-3H3. The largest absolute Gasteiger partial charge is 0.373 e. The summed E-state index contributed by atoms with van der Waals surface area (Å²) in [6, 6.07) is 0. The van der Waals surface area contributed by atoms with Crippen molar-refractivity contribution in [2.24, 2.45) is 0 Å². The summed E-state index contributed by atoms with van der Waals surface area (Å²) >= 11 is 0. The molecule has 3 heteroatoms. The summed E-state index contributed by atoms with van der Waals surface area (Å²) in [6.07, 6.45) is 2.43.